The van der Waals surface area contributed by atoms with Gasteiger partial charge in [-0.15, -0.1) is 11.3 Å². The lowest BCUT2D eigenvalue weighted by atomic mass is 10.1. The third kappa shape index (κ3) is 3.00. The second-order valence-electron chi connectivity index (χ2n) is 5.34. The van der Waals surface area contributed by atoms with Crippen molar-refractivity contribution in [1.82, 2.24) is 9.97 Å². The van der Waals surface area contributed by atoms with Gasteiger partial charge in [0.1, 0.15) is 5.69 Å². The van der Waals surface area contributed by atoms with Gasteiger partial charge in [0, 0.05) is 23.2 Å². The van der Waals surface area contributed by atoms with E-state index in [-0.39, 0.29) is 23.7 Å². The van der Waals surface area contributed by atoms with Crippen LogP contribution < -0.4 is 25.0 Å². The summed E-state index contributed by atoms with van der Waals surface area (Å²) in [4.78, 5) is 31.1. The Balaban J connectivity index is 1.52. The van der Waals surface area contributed by atoms with Gasteiger partial charge in [0.25, 0.3) is 5.91 Å². The molecule has 4 rings (SSSR count). The molecule has 132 valence electrons. The Morgan fingerprint density at radius 1 is 1.31 bits per heavy atom. The van der Waals surface area contributed by atoms with Crippen LogP contribution in [0.25, 0.3) is 11.3 Å². The van der Waals surface area contributed by atoms with Crippen LogP contribution in [0.15, 0.2) is 40.6 Å². The van der Waals surface area contributed by atoms with Gasteiger partial charge in [-0.1, -0.05) is 0 Å². The first kappa shape index (κ1) is 16.2. The van der Waals surface area contributed by atoms with E-state index in [1.54, 1.807) is 0 Å². The van der Waals surface area contributed by atoms with Crippen molar-refractivity contribution >= 4 is 22.4 Å². The summed E-state index contributed by atoms with van der Waals surface area (Å²) in [5.74, 6) is 1.04. The highest BCUT2D eigenvalue weighted by Gasteiger charge is 2.16. The third-order valence-corrected chi connectivity index (χ3v) is 4.49. The number of pyridine rings is 1. The van der Waals surface area contributed by atoms with Gasteiger partial charge >= 0.3 is 0 Å². The lowest BCUT2D eigenvalue weighted by Crippen LogP contribution is -2.17. The zero-order valence-electron chi connectivity index (χ0n) is 13.6. The molecule has 1 aliphatic heterocycles. The Labute approximate surface area is 151 Å². The first-order chi connectivity index (χ1) is 12.6. The van der Waals surface area contributed by atoms with Gasteiger partial charge in [-0.25, -0.2) is 4.98 Å². The van der Waals surface area contributed by atoms with E-state index < -0.39 is 5.91 Å². The zero-order chi connectivity index (χ0) is 18.1. The molecule has 0 spiro atoms. The number of nitrogens with zero attached hydrogens (tertiary/aromatic N) is 1. The molecule has 0 aliphatic carbocycles. The number of rotatable bonds is 4. The first-order valence-corrected chi connectivity index (χ1v) is 8.45. The number of carbonyl (C=O) groups is 1. The third-order valence-electron chi connectivity index (χ3n) is 3.73. The van der Waals surface area contributed by atoms with Crippen molar-refractivity contribution in [2.45, 2.75) is 0 Å². The number of aromatic amines is 1. The van der Waals surface area contributed by atoms with E-state index in [9.17, 15) is 9.59 Å². The van der Waals surface area contributed by atoms with Crippen LogP contribution in [0, 0.1) is 0 Å². The van der Waals surface area contributed by atoms with E-state index in [2.05, 4.69) is 15.3 Å². The lowest BCUT2D eigenvalue weighted by Gasteiger charge is -2.03. The fourth-order valence-electron chi connectivity index (χ4n) is 2.43. The molecule has 8 nitrogen and oxygen atoms in total. The number of benzene rings is 1. The Morgan fingerprint density at radius 3 is 2.96 bits per heavy atom. The molecular weight excluding hydrogens is 358 g/mol. The molecule has 0 radical (unpaired) electrons. The molecule has 0 fully saturated rings. The molecule has 2 N–H and O–H groups in total. The smallest absolute Gasteiger partial charge is 0.273 e. The second-order valence-corrected chi connectivity index (χ2v) is 6.20. The number of hydrogen-bond acceptors (Lipinski definition) is 7. The predicted octanol–water partition coefficient (Wildman–Crippen LogP) is 2.49. The summed E-state index contributed by atoms with van der Waals surface area (Å²) in [5, 5.41) is 4.91. The highest BCUT2D eigenvalue weighted by atomic mass is 32.1. The summed E-state index contributed by atoms with van der Waals surface area (Å²) in [6.07, 6.45) is 1.34. The molecule has 1 amide bonds. The molecule has 26 heavy (non-hydrogen) atoms. The predicted molar refractivity (Wildman–Crippen MR) is 95.2 cm³/mol. The van der Waals surface area contributed by atoms with Crippen LogP contribution in [0.5, 0.6) is 17.2 Å². The quantitative estimate of drug-likeness (QED) is 0.730. The summed E-state index contributed by atoms with van der Waals surface area (Å²) >= 11 is 1.28. The second kappa shape index (κ2) is 6.52. The number of amides is 1. The maximum Gasteiger partial charge on any atom is 0.273 e. The number of anilines is 1. The van der Waals surface area contributed by atoms with E-state index >= 15 is 0 Å². The van der Waals surface area contributed by atoms with Crippen LogP contribution in [0.2, 0.25) is 0 Å². The monoisotopic (exact) mass is 371 g/mol. The molecule has 0 atom stereocenters. The number of methoxy groups -OCH3 is 1. The number of thiazole rings is 1. The molecule has 1 aliphatic rings. The Morgan fingerprint density at radius 2 is 2.15 bits per heavy atom. The van der Waals surface area contributed by atoms with Gasteiger partial charge in [-0.05, 0) is 18.2 Å². The van der Waals surface area contributed by atoms with Crippen molar-refractivity contribution in [1.29, 1.82) is 0 Å². The van der Waals surface area contributed by atoms with Crippen LogP contribution in [-0.4, -0.2) is 29.8 Å². The van der Waals surface area contributed by atoms with Crippen LogP contribution in [0.3, 0.4) is 0 Å². The van der Waals surface area contributed by atoms with E-state index in [4.69, 9.17) is 14.2 Å². The molecule has 0 saturated heterocycles. The highest BCUT2D eigenvalue weighted by Crippen LogP contribution is 2.36. The molecule has 3 heterocycles. The fraction of sp³-hybridized carbons (Fsp3) is 0.118. The van der Waals surface area contributed by atoms with Crippen molar-refractivity contribution < 1.29 is 19.0 Å². The minimum absolute atomic E-state index is 0.121. The summed E-state index contributed by atoms with van der Waals surface area (Å²) in [6.45, 7) is 0.206. The van der Waals surface area contributed by atoms with Gasteiger partial charge in [0.2, 0.25) is 12.2 Å². The molecule has 3 aromatic rings. The van der Waals surface area contributed by atoms with Crippen LogP contribution in [-0.2, 0) is 0 Å². The van der Waals surface area contributed by atoms with Crippen molar-refractivity contribution in [3.63, 3.8) is 0 Å². The maximum absolute atomic E-state index is 12.3. The summed E-state index contributed by atoms with van der Waals surface area (Å²) < 4.78 is 15.5. The van der Waals surface area contributed by atoms with Gasteiger partial charge < -0.3 is 19.2 Å². The standard InChI is InChI=1S/C17H13N3O5S/c1-23-15-6-18-10(5-12(15)21)16(22)20-17-19-11(7-26-17)9-2-3-13-14(4-9)25-8-24-13/h2-7H,8H2,1H3,(H,18,21)(H,19,20,22). The summed E-state index contributed by atoms with van der Waals surface area (Å²) in [6, 6.07) is 6.71. The molecule has 0 unspecified atom stereocenters. The molecule has 0 bridgehead atoms. The average Bonchev–Trinajstić information content (AvgIpc) is 3.30. The number of carbonyl (C=O) groups excluding carboxylic acids is 1. The highest BCUT2D eigenvalue weighted by molar-refractivity contribution is 7.14. The van der Waals surface area contributed by atoms with Crippen LogP contribution >= 0.6 is 11.3 Å². The molecule has 9 heteroatoms. The Hall–Kier alpha value is -3.33. The topological polar surface area (TPSA) is 103 Å². The van der Waals surface area contributed by atoms with E-state index in [1.807, 2.05) is 23.6 Å². The number of nitrogens with one attached hydrogen (secondary N) is 2. The zero-order valence-corrected chi connectivity index (χ0v) is 14.4. The number of H-pyrrole nitrogens is 1. The minimum atomic E-state index is -0.462. The number of fused-ring (bicyclic) bond motifs is 1. The molecule has 0 saturated carbocycles. The fourth-order valence-corrected chi connectivity index (χ4v) is 3.15. The van der Waals surface area contributed by atoms with Crippen molar-refractivity contribution in [2.24, 2.45) is 0 Å². The maximum atomic E-state index is 12.3. The normalized spacial score (nSPS) is 12.0. The van der Waals surface area contributed by atoms with Crippen molar-refractivity contribution in [3.8, 4) is 28.5 Å². The number of hydrogen-bond donors (Lipinski definition) is 2. The van der Waals surface area contributed by atoms with E-state index in [0.717, 1.165) is 5.56 Å². The largest absolute Gasteiger partial charge is 0.491 e. The van der Waals surface area contributed by atoms with Crippen LogP contribution in [0.1, 0.15) is 10.5 Å². The molecular formula is C17H13N3O5S. The van der Waals surface area contributed by atoms with E-state index in [0.29, 0.717) is 22.3 Å². The summed E-state index contributed by atoms with van der Waals surface area (Å²) in [7, 11) is 1.39. The van der Waals surface area contributed by atoms with Crippen LogP contribution in [0.4, 0.5) is 5.13 Å². The molecule has 2 aromatic heterocycles. The average molecular weight is 371 g/mol. The van der Waals surface area contributed by atoms with Crippen molar-refractivity contribution in [3.05, 3.63) is 51.8 Å². The number of ether oxygens (including phenoxy) is 3. The lowest BCUT2D eigenvalue weighted by molar-refractivity contribution is 0.102. The van der Waals surface area contributed by atoms with Gasteiger partial charge in [0.15, 0.2) is 22.4 Å². The first-order valence-electron chi connectivity index (χ1n) is 7.57. The summed E-state index contributed by atoms with van der Waals surface area (Å²) in [5.41, 5.74) is 1.29. The Kier molecular flexibility index (Phi) is 4.05. The SMILES string of the molecule is COc1c[nH]c(C(=O)Nc2nc(-c3ccc4c(c3)OCO4)cs2)cc1=O. The Bertz CT molecular complexity index is 1040. The minimum Gasteiger partial charge on any atom is -0.491 e. The van der Waals surface area contributed by atoms with Crippen molar-refractivity contribution in [2.75, 3.05) is 19.2 Å². The van der Waals surface area contributed by atoms with E-state index in [1.165, 1.54) is 30.7 Å². The van der Waals surface area contributed by atoms with Gasteiger partial charge in [0.05, 0.1) is 12.8 Å². The number of aromatic nitrogens is 2. The van der Waals surface area contributed by atoms with Gasteiger partial charge in [-0.3, -0.25) is 14.9 Å². The van der Waals surface area contributed by atoms with Gasteiger partial charge in [-0.2, -0.15) is 0 Å². The molecule has 1 aromatic carbocycles.